The molecule has 0 bridgehead atoms. The zero-order valence-corrected chi connectivity index (χ0v) is 13.9. The Morgan fingerprint density at radius 1 is 1.19 bits per heavy atom. The first kappa shape index (κ1) is 18.5. The van der Waals surface area contributed by atoms with Gasteiger partial charge >= 0.3 is 6.18 Å². The summed E-state index contributed by atoms with van der Waals surface area (Å²) in [5.41, 5.74) is -0.995. The largest absolute Gasteiger partial charge is 0.417 e. The van der Waals surface area contributed by atoms with Gasteiger partial charge in [-0.1, -0.05) is 0 Å². The number of aromatic nitrogens is 3. The lowest BCUT2D eigenvalue weighted by atomic mass is 10.2. The van der Waals surface area contributed by atoms with Gasteiger partial charge in [0.15, 0.2) is 0 Å². The van der Waals surface area contributed by atoms with E-state index in [2.05, 4.69) is 25.6 Å². The van der Waals surface area contributed by atoms with Gasteiger partial charge in [-0.25, -0.2) is 9.97 Å². The van der Waals surface area contributed by atoms with Gasteiger partial charge in [0.25, 0.3) is 17.1 Å². The topological polar surface area (TPSA) is 114 Å². The molecule has 1 saturated heterocycles. The van der Waals surface area contributed by atoms with Gasteiger partial charge in [0.2, 0.25) is 5.95 Å². The van der Waals surface area contributed by atoms with Crippen LogP contribution in [0.25, 0.3) is 6.08 Å². The van der Waals surface area contributed by atoms with Gasteiger partial charge in [0.05, 0.1) is 16.2 Å². The summed E-state index contributed by atoms with van der Waals surface area (Å²) in [6.07, 6.45) is -1.38. The number of nitrogens with one attached hydrogen (secondary N) is 2. The number of hydrogen-bond acceptors (Lipinski definition) is 7. The molecule has 3 rings (SSSR count). The van der Waals surface area contributed by atoms with Crippen LogP contribution in [-0.4, -0.2) is 32.0 Å². The first-order chi connectivity index (χ1) is 12.7. The summed E-state index contributed by atoms with van der Waals surface area (Å²) >= 11 is 0.700. The molecule has 0 spiro atoms. The molecule has 2 aromatic rings. The molecule has 2 N–H and O–H groups in total. The van der Waals surface area contributed by atoms with Gasteiger partial charge in [-0.2, -0.15) is 13.2 Å². The zero-order valence-electron chi connectivity index (χ0n) is 13.1. The van der Waals surface area contributed by atoms with Crippen molar-refractivity contribution in [2.75, 3.05) is 5.32 Å². The number of thioether (sulfide) groups is 1. The van der Waals surface area contributed by atoms with Gasteiger partial charge in [0.1, 0.15) is 5.69 Å². The second-order valence-corrected chi connectivity index (χ2v) is 6.06. The van der Waals surface area contributed by atoms with E-state index in [0.717, 1.165) is 12.1 Å². The number of amides is 3. The number of carbonyl (C=O) groups excluding carboxylic acids is 3. The lowest BCUT2D eigenvalue weighted by molar-refractivity contribution is -0.137. The van der Waals surface area contributed by atoms with Crippen LogP contribution in [-0.2, 0) is 11.0 Å². The Morgan fingerprint density at radius 2 is 1.96 bits per heavy atom. The summed E-state index contributed by atoms with van der Waals surface area (Å²) in [4.78, 5) is 46.1. The Balaban J connectivity index is 1.74. The van der Waals surface area contributed by atoms with E-state index in [-0.39, 0.29) is 22.2 Å². The molecule has 0 aromatic carbocycles. The highest BCUT2D eigenvalue weighted by Crippen LogP contribution is 2.28. The molecule has 0 aliphatic carbocycles. The molecule has 0 saturated carbocycles. The predicted molar refractivity (Wildman–Crippen MR) is 88.3 cm³/mol. The second kappa shape index (κ2) is 7.15. The number of anilines is 1. The van der Waals surface area contributed by atoms with E-state index in [1.54, 1.807) is 0 Å². The number of halogens is 3. The zero-order chi connectivity index (χ0) is 19.6. The van der Waals surface area contributed by atoms with Crippen LogP contribution in [0.4, 0.5) is 23.9 Å². The van der Waals surface area contributed by atoms with Crippen LogP contribution >= 0.6 is 11.8 Å². The number of alkyl halides is 3. The van der Waals surface area contributed by atoms with Crippen molar-refractivity contribution in [2.24, 2.45) is 0 Å². The van der Waals surface area contributed by atoms with Gasteiger partial charge < -0.3 is 0 Å². The van der Waals surface area contributed by atoms with Crippen molar-refractivity contribution in [3.8, 4) is 0 Å². The molecule has 1 aliphatic rings. The fourth-order valence-corrected chi connectivity index (χ4v) is 2.60. The average Bonchev–Trinajstić information content (AvgIpc) is 2.91. The molecule has 0 unspecified atom stereocenters. The lowest BCUT2D eigenvalue weighted by Gasteiger charge is -2.07. The van der Waals surface area contributed by atoms with Crippen LogP contribution < -0.4 is 10.6 Å². The van der Waals surface area contributed by atoms with Crippen molar-refractivity contribution in [3.05, 3.63) is 52.4 Å². The molecule has 3 heterocycles. The van der Waals surface area contributed by atoms with Crippen LogP contribution in [0, 0.1) is 0 Å². The molecular formula is C15H8F3N5O3S. The number of rotatable bonds is 3. The number of pyridine rings is 1. The van der Waals surface area contributed by atoms with Crippen LogP contribution in [0.5, 0.6) is 0 Å². The van der Waals surface area contributed by atoms with Gasteiger partial charge in [0, 0.05) is 12.4 Å². The highest BCUT2D eigenvalue weighted by atomic mass is 32.2. The van der Waals surface area contributed by atoms with E-state index in [9.17, 15) is 27.6 Å². The van der Waals surface area contributed by atoms with Crippen molar-refractivity contribution in [2.45, 2.75) is 6.18 Å². The van der Waals surface area contributed by atoms with Crippen molar-refractivity contribution in [1.29, 1.82) is 0 Å². The standard InChI is InChI=1S/C15H8F3N5O3S/c16-15(17,18)7-1-2-9(20-6-7)11(24)22-13-19-4-3-8(21-13)5-10-12(25)23-14(26)27-10/h1-6H,(H,23,25,26)(H,19,21,22,24)/b10-5-. The SMILES string of the molecule is O=C1NC(=O)/C(=C/c2ccnc(NC(=O)c3ccc(C(F)(F)F)cn3)n2)S1. The summed E-state index contributed by atoms with van der Waals surface area (Å²) in [5.74, 6) is -1.52. The molecule has 27 heavy (non-hydrogen) atoms. The van der Waals surface area contributed by atoms with E-state index < -0.39 is 28.8 Å². The Hall–Kier alpha value is -3.28. The fraction of sp³-hybridized carbons (Fsp3) is 0.0667. The first-order valence-electron chi connectivity index (χ1n) is 7.15. The molecule has 1 fully saturated rings. The molecular weight excluding hydrogens is 387 g/mol. The minimum Gasteiger partial charge on any atom is -0.289 e. The van der Waals surface area contributed by atoms with Gasteiger partial charge in [-0.15, -0.1) is 0 Å². The summed E-state index contributed by atoms with van der Waals surface area (Å²) in [7, 11) is 0. The molecule has 0 atom stereocenters. The van der Waals surface area contributed by atoms with E-state index in [0.29, 0.717) is 18.0 Å². The van der Waals surface area contributed by atoms with Crippen LogP contribution in [0.3, 0.4) is 0 Å². The Bertz CT molecular complexity index is 960. The molecule has 138 valence electrons. The van der Waals surface area contributed by atoms with Crippen molar-refractivity contribution < 1.29 is 27.6 Å². The number of hydrogen-bond donors (Lipinski definition) is 2. The Labute approximate surface area is 153 Å². The fourth-order valence-electron chi connectivity index (χ4n) is 1.93. The minimum atomic E-state index is -4.56. The monoisotopic (exact) mass is 395 g/mol. The van der Waals surface area contributed by atoms with E-state index in [1.165, 1.54) is 18.3 Å². The predicted octanol–water partition coefficient (Wildman–Crippen LogP) is 2.47. The first-order valence-corrected chi connectivity index (χ1v) is 7.96. The maximum absolute atomic E-state index is 12.5. The Morgan fingerprint density at radius 3 is 2.56 bits per heavy atom. The number of imide groups is 1. The van der Waals surface area contributed by atoms with E-state index in [1.807, 2.05) is 0 Å². The van der Waals surface area contributed by atoms with Crippen LogP contribution in [0.2, 0.25) is 0 Å². The van der Waals surface area contributed by atoms with Gasteiger partial charge in [-0.05, 0) is 36.0 Å². The number of carbonyl (C=O) groups is 3. The summed E-state index contributed by atoms with van der Waals surface area (Å²) < 4.78 is 37.5. The third-order valence-corrected chi connectivity index (χ3v) is 3.96. The molecule has 2 aromatic heterocycles. The smallest absolute Gasteiger partial charge is 0.289 e. The second-order valence-electron chi connectivity index (χ2n) is 5.04. The van der Waals surface area contributed by atoms with Crippen molar-refractivity contribution in [3.63, 3.8) is 0 Å². The third-order valence-electron chi connectivity index (χ3n) is 3.15. The maximum Gasteiger partial charge on any atom is 0.417 e. The van der Waals surface area contributed by atoms with Crippen LogP contribution in [0.15, 0.2) is 35.5 Å². The van der Waals surface area contributed by atoms with E-state index >= 15 is 0 Å². The van der Waals surface area contributed by atoms with Crippen LogP contribution in [0.1, 0.15) is 21.7 Å². The summed E-state index contributed by atoms with van der Waals surface area (Å²) in [6.45, 7) is 0. The van der Waals surface area contributed by atoms with E-state index in [4.69, 9.17) is 0 Å². The highest BCUT2D eigenvalue weighted by Gasteiger charge is 2.31. The summed E-state index contributed by atoms with van der Waals surface area (Å²) in [6, 6.07) is 3.10. The number of nitrogens with zero attached hydrogens (tertiary/aromatic N) is 3. The Kier molecular flexibility index (Phi) is 4.90. The van der Waals surface area contributed by atoms with Gasteiger partial charge in [-0.3, -0.25) is 30.0 Å². The third kappa shape index (κ3) is 4.47. The molecule has 0 radical (unpaired) electrons. The van der Waals surface area contributed by atoms with Crippen molar-refractivity contribution >= 4 is 40.8 Å². The minimum absolute atomic E-state index is 0.125. The summed E-state index contributed by atoms with van der Waals surface area (Å²) in [5, 5.41) is 3.87. The molecule has 8 nitrogen and oxygen atoms in total. The average molecular weight is 395 g/mol. The highest BCUT2D eigenvalue weighted by molar-refractivity contribution is 8.18. The normalized spacial score (nSPS) is 15.7. The molecule has 3 amide bonds. The maximum atomic E-state index is 12.5. The molecule has 1 aliphatic heterocycles. The lowest BCUT2D eigenvalue weighted by Crippen LogP contribution is -2.18. The molecule has 12 heteroatoms. The van der Waals surface area contributed by atoms with Crippen molar-refractivity contribution in [1.82, 2.24) is 20.3 Å². The quantitative estimate of drug-likeness (QED) is 0.768.